The monoisotopic (exact) mass is 432 g/mol. The van der Waals surface area contributed by atoms with Crippen molar-refractivity contribution in [3.63, 3.8) is 0 Å². The lowest BCUT2D eigenvalue weighted by Crippen LogP contribution is -2.65. The molecular weight excluding hydrogens is 404 g/mol. The number of benzene rings is 2. The zero-order valence-electron chi connectivity index (χ0n) is 18.0. The summed E-state index contributed by atoms with van der Waals surface area (Å²) in [6.45, 7) is 1.74. The fourth-order valence-corrected chi connectivity index (χ4v) is 6.67. The summed E-state index contributed by atoms with van der Waals surface area (Å²) in [7, 11) is 0. The molecule has 2 saturated heterocycles. The maximum atomic E-state index is 13.3. The van der Waals surface area contributed by atoms with E-state index in [9.17, 15) is 15.0 Å². The number of hydrogen-bond acceptors (Lipinski definition) is 6. The number of fused-ring (bicyclic) bond motifs is 6. The predicted octanol–water partition coefficient (Wildman–Crippen LogP) is 3.20. The van der Waals surface area contributed by atoms with Gasteiger partial charge >= 0.3 is 5.97 Å². The lowest BCUT2D eigenvalue weighted by molar-refractivity contribution is -0.0343. The molecule has 6 nitrogen and oxygen atoms in total. The molecule has 0 aromatic heterocycles. The standard InChI is InChI=1S/C26H28N2O4/c29-20-15-25(16-21(20)30)11-6-13-28-14-12-26(32-24(31)17-7-2-1-3-8-17)18-9-4-5-10-19(18)27-22(26)23(25)28/h1-5,7-10,20-21,23,29-30H,6,11-16H2/t20-,21+,23-,25?,26+/m0/s1. The zero-order chi connectivity index (χ0) is 21.9. The molecule has 1 aliphatic carbocycles. The van der Waals surface area contributed by atoms with E-state index in [1.807, 2.05) is 42.5 Å². The Kier molecular flexibility index (Phi) is 4.54. The van der Waals surface area contributed by atoms with Crippen LogP contribution < -0.4 is 0 Å². The van der Waals surface area contributed by atoms with Crippen molar-refractivity contribution in [3.05, 3.63) is 65.7 Å². The fraction of sp³-hybridized carbons (Fsp3) is 0.462. The molecule has 3 fully saturated rings. The van der Waals surface area contributed by atoms with E-state index < -0.39 is 17.8 Å². The van der Waals surface area contributed by atoms with Crippen molar-refractivity contribution in [1.82, 2.24) is 4.90 Å². The van der Waals surface area contributed by atoms with Crippen LogP contribution in [0, 0.1) is 5.41 Å². The van der Waals surface area contributed by atoms with Gasteiger partial charge < -0.3 is 14.9 Å². The first-order valence-electron chi connectivity index (χ1n) is 11.6. The van der Waals surface area contributed by atoms with Crippen molar-refractivity contribution in [2.24, 2.45) is 10.4 Å². The zero-order valence-corrected chi connectivity index (χ0v) is 18.0. The molecule has 0 amide bonds. The number of para-hydroxylation sites is 1. The van der Waals surface area contributed by atoms with Gasteiger partial charge in [0.2, 0.25) is 0 Å². The van der Waals surface area contributed by atoms with Crippen LogP contribution in [0.3, 0.4) is 0 Å². The van der Waals surface area contributed by atoms with E-state index in [1.54, 1.807) is 12.1 Å². The molecular formula is C26H28N2O4. The Labute approximate surface area is 187 Å². The van der Waals surface area contributed by atoms with Crippen LogP contribution in [0.4, 0.5) is 5.69 Å². The number of aliphatic imine (C=N–C) groups is 1. The van der Waals surface area contributed by atoms with Crippen LogP contribution in [0.25, 0.3) is 0 Å². The first-order valence-corrected chi connectivity index (χ1v) is 11.6. The highest BCUT2D eigenvalue weighted by Crippen LogP contribution is 2.57. The minimum atomic E-state index is -0.909. The lowest BCUT2D eigenvalue weighted by atomic mass is 9.64. The Morgan fingerprint density at radius 1 is 0.969 bits per heavy atom. The summed E-state index contributed by atoms with van der Waals surface area (Å²) in [6.07, 6.45) is 2.28. The van der Waals surface area contributed by atoms with Gasteiger partial charge in [-0.3, -0.25) is 9.89 Å². The van der Waals surface area contributed by atoms with Crippen molar-refractivity contribution < 1.29 is 19.7 Å². The third-order valence-electron chi connectivity index (χ3n) is 8.02. The van der Waals surface area contributed by atoms with E-state index >= 15 is 0 Å². The Morgan fingerprint density at radius 2 is 1.69 bits per heavy atom. The summed E-state index contributed by atoms with van der Waals surface area (Å²) >= 11 is 0. The minimum absolute atomic E-state index is 0.0622. The van der Waals surface area contributed by atoms with Crippen molar-refractivity contribution in [3.8, 4) is 0 Å². The number of carbonyl (C=O) groups is 1. The van der Waals surface area contributed by atoms with E-state index in [0.29, 0.717) is 24.8 Å². The number of aliphatic hydroxyl groups is 2. The molecule has 2 N–H and O–H groups in total. The number of aliphatic hydroxyl groups excluding tert-OH is 2. The van der Waals surface area contributed by atoms with Crippen LogP contribution in [0.5, 0.6) is 0 Å². The second kappa shape index (κ2) is 7.24. The molecule has 1 spiro atoms. The van der Waals surface area contributed by atoms with E-state index in [1.165, 1.54) is 0 Å². The van der Waals surface area contributed by atoms with Gasteiger partial charge in [0.25, 0.3) is 0 Å². The summed E-state index contributed by atoms with van der Waals surface area (Å²) in [5, 5.41) is 21.0. The second-order valence-electron chi connectivity index (χ2n) is 9.79. The molecule has 1 unspecified atom stereocenters. The van der Waals surface area contributed by atoms with Crippen molar-refractivity contribution in [1.29, 1.82) is 0 Å². The fourth-order valence-electron chi connectivity index (χ4n) is 6.67. The van der Waals surface area contributed by atoms with Gasteiger partial charge in [0.1, 0.15) is 0 Å². The van der Waals surface area contributed by atoms with E-state index in [-0.39, 0.29) is 17.4 Å². The van der Waals surface area contributed by atoms with Crippen LogP contribution in [-0.2, 0) is 10.3 Å². The Bertz CT molecular complexity index is 1070. The van der Waals surface area contributed by atoms with Gasteiger partial charge in [-0.2, -0.15) is 0 Å². The summed E-state index contributed by atoms with van der Waals surface area (Å²) in [5.74, 6) is -0.347. The molecule has 1 saturated carbocycles. The van der Waals surface area contributed by atoms with Crippen LogP contribution >= 0.6 is 0 Å². The van der Waals surface area contributed by atoms with Gasteiger partial charge in [-0.05, 0) is 55.8 Å². The van der Waals surface area contributed by atoms with Crippen LogP contribution in [0.15, 0.2) is 59.6 Å². The largest absolute Gasteiger partial charge is 0.444 e. The van der Waals surface area contributed by atoms with Gasteiger partial charge in [-0.25, -0.2) is 4.79 Å². The molecule has 2 aromatic carbocycles. The number of rotatable bonds is 2. The van der Waals surface area contributed by atoms with Crippen molar-refractivity contribution >= 4 is 17.4 Å². The summed E-state index contributed by atoms with van der Waals surface area (Å²) < 4.78 is 6.40. The number of piperidine rings is 2. The van der Waals surface area contributed by atoms with Gasteiger partial charge in [-0.15, -0.1) is 0 Å². The van der Waals surface area contributed by atoms with Crippen molar-refractivity contribution in [2.45, 2.75) is 56.0 Å². The third kappa shape index (κ3) is 2.83. The van der Waals surface area contributed by atoms with Gasteiger partial charge in [0, 0.05) is 18.5 Å². The minimum Gasteiger partial charge on any atom is -0.444 e. The maximum Gasteiger partial charge on any atom is 0.339 e. The van der Waals surface area contributed by atoms with Gasteiger partial charge in [-0.1, -0.05) is 36.4 Å². The Balaban J connectivity index is 1.46. The summed E-state index contributed by atoms with van der Waals surface area (Å²) in [5.41, 5.74) is 2.02. The van der Waals surface area contributed by atoms with Crippen molar-refractivity contribution in [2.75, 3.05) is 13.1 Å². The quantitative estimate of drug-likeness (QED) is 0.713. The molecule has 3 aliphatic heterocycles. The average Bonchev–Trinajstić information content (AvgIpc) is 3.28. The highest BCUT2D eigenvalue weighted by Gasteiger charge is 2.62. The van der Waals surface area contributed by atoms with E-state index in [0.717, 1.165) is 42.9 Å². The predicted molar refractivity (Wildman–Crippen MR) is 120 cm³/mol. The second-order valence-corrected chi connectivity index (χ2v) is 9.79. The smallest absolute Gasteiger partial charge is 0.339 e. The summed E-state index contributed by atoms with van der Waals surface area (Å²) in [4.78, 5) is 20.8. The molecule has 32 heavy (non-hydrogen) atoms. The maximum absolute atomic E-state index is 13.3. The highest BCUT2D eigenvalue weighted by molar-refractivity contribution is 6.07. The van der Waals surface area contributed by atoms with E-state index in [2.05, 4.69) is 4.90 Å². The average molecular weight is 433 g/mol. The highest BCUT2D eigenvalue weighted by atomic mass is 16.6. The SMILES string of the molecule is O=C(O[C@@]12CCN3CCCC4(C[C@@H](O)[C@@H](O)C4)[C@@H]3C1=Nc1ccccc12)c1ccccc1. The summed E-state index contributed by atoms with van der Waals surface area (Å²) in [6, 6.07) is 17.0. The van der Waals surface area contributed by atoms with Crippen LogP contribution in [0.2, 0.25) is 0 Å². The molecule has 3 heterocycles. The van der Waals surface area contributed by atoms with Gasteiger partial charge in [0.15, 0.2) is 5.60 Å². The number of esters is 1. The van der Waals surface area contributed by atoms with E-state index in [4.69, 9.17) is 9.73 Å². The van der Waals surface area contributed by atoms with Crippen LogP contribution in [-0.4, -0.2) is 58.1 Å². The molecule has 0 bridgehead atoms. The number of nitrogens with zero attached hydrogens (tertiary/aromatic N) is 2. The Hall–Kier alpha value is -2.54. The topological polar surface area (TPSA) is 82.4 Å². The molecule has 5 atom stereocenters. The molecule has 0 radical (unpaired) electrons. The molecule has 6 heteroatoms. The molecule has 6 rings (SSSR count). The molecule has 4 aliphatic rings. The Morgan fingerprint density at radius 3 is 2.47 bits per heavy atom. The number of hydrogen-bond donors (Lipinski definition) is 2. The molecule has 166 valence electrons. The number of carbonyl (C=O) groups excluding carboxylic acids is 1. The normalized spacial score (nSPS) is 35.7. The first kappa shape index (κ1) is 20.1. The number of ether oxygens (including phenoxy) is 1. The molecule has 2 aromatic rings. The van der Waals surface area contributed by atoms with Crippen LogP contribution in [0.1, 0.15) is 48.0 Å². The third-order valence-corrected chi connectivity index (χ3v) is 8.02. The van der Waals surface area contributed by atoms with Gasteiger partial charge in [0.05, 0.1) is 35.2 Å². The first-order chi connectivity index (χ1) is 15.5. The lowest BCUT2D eigenvalue weighted by Gasteiger charge is -2.54.